The first-order chi connectivity index (χ1) is 62.4. The zero-order valence-electron chi connectivity index (χ0n) is 91.1. The van der Waals surface area contributed by atoms with Crippen molar-refractivity contribution in [2.24, 2.45) is 62.3 Å². The first-order valence-electron chi connectivity index (χ1n) is 50.0. The minimum Gasteiger partial charge on any atom is -0.198 e. The lowest BCUT2D eigenvalue weighted by Crippen LogP contribution is -2.35. The van der Waals surface area contributed by atoms with E-state index in [1.54, 1.807) is 0 Å². The van der Waals surface area contributed by atoms with E-state index in [2.05, 4.69) is 435 Å². The van der Waals surface area contributed by atoms with Gasteiger partial charge in [0.15, 0.2) is 28.5 Å². The summed E-state index contributed by atoms with van der Waals surface area (Å²) in [5, 5.41) is 11.1. The molecule has 0 saturated carbocycles. The zero-order chi connectivity index (χ0) is 99.1. The number of rotatable bonds is 13. The van der Waals surface area contributed by atoms with Gasteiger partial charge >= 0.3 is 0 Å². The van der Waals surface area contributed by atoms with Gasteiger partial charge < -0.3 is 0 Å². The lowest BCUT2D eigenvalue weighted by molar-refractivity contribution is -0.665. The van der Waals surface area contributed by atoms with Gasteiger partial charge in [-0.25, -0.2) is 0 Å². The number of hydrogen-bond acceptors (Lipinski definition) is 0. The van der Waals surface area contributed by atoms with E-state index in [9.17, 15) is 0 Å². The molecule has 0 aliphatic carbocycles. The van der Waals surface area contributed by atoms with Crippen molar-refractivity contribution < 1.29 is 29.7 Å². The maximum absolute atomic E-state index is 8.81. The summed E-state index contributed by atoms with van der Waals surface area (Å²) in [7, 11) is 10.4. The molecule has 0 radical (unpaired) electrons. The van der Waals surface area contributed by atoms with Crippen LogP contribution in [0.3, 0.4) is 0 Å². The topological polar surface area (TPSA) is 19.4 Å². The van der Waals surface area contributed by atoms with Crippen LogP contribution in [0, 0.1) is 117 Å². The molecular weight excluding hydrogens is 1560 g/mol. The number of fused-ring (bicyclic) bond motifs is 5. The quantitative estimate of drug-likeness (QED) is 0.103. The van der Waals surface area contributed by atoms with Crippen molar-refractivity contribution in [1.82, 2.24) is 0 Å². The molecule has 0 saturated heterocycles. The van der Waals surface area contributed by atoms with Gasteiger partial charge in [0.1, 0.15) is 35.2 Å². The summed E-state index contributed by atoms with van der Waals surface area (Å²) < 4.78 is 54.5. The fraction of sp³-hybridized carbons (Fsp3) is 0.395. The van der Waals surface area contributed by atoms with Crippen LogP contribution < -0.4 is 22.8 Å². The lowest BCUT2D eigenvalue weighted by atomic mass is 9.86. The Bertz CT molecular complexity index is 7000. The highest BCUT2D eigenvalue weighted by atomic mass is 15.0. The Kier molecular flexibility index (Phi) is 28.3. The first-order valence-corrected chi connectivity index (χ1v) is 47.5. The lowest BCUT2D eigenvalue weighted by Gasteiger charge is -2.19. The SMILES string of the molecule is [2H]c1c(C)[n+](C)c(-c2cc(C)cc(C)c2C)c2ccc(CC(C)(C)C)cc12.[2H]c1c(C)[n+](C)c(-c2cc(C)ccc2C)c2ccc(CC(C)(C)C)cc12.[2H]c1c(C)[n+](C)c(-c2cc(CC)cc(CC)c2C)c2ccc(CC(C)(C)C)cc12.[2H]c1c(C)[n+](C)c(-c2cc(CC)ccc2C)c2ccc(CC(C)(C)C)cc12.[2H]c1c(C)[n+](C)c(-c2ccccc2C)c2ccc(CC(C)(C)C)cc12. The predicted molar refractivity (Wildman–Crippen MR) is 558 cm³/mol. The number of aromatic nitrogens is 5. The Morgan fingerprint density at radius 1 is 0.233 bits per heavy atom. The third-order valence-electron chi connectivity index (χ3n) is 25.8. The Morgan fingerprint density at radius 2 is 0.504 bits per heavy atom. The second kappa shape index (κ2) is 39.9. The standard InChI is InChI=1S/C27H36N.2C25H32N.C24H30N.C23H28N/c1-9-20-14-22(10-2)19(4)25(16-20)26-24-12-11-21(17-27(5,6)7)15-23(24)13-18(3)28(26)8;1-16-11-17(2)19(4)23(12-16)24-22-10-9-20(15-25(5,6)7)14-21(22)13-18(3)26(24)8;1-8-19-10-9-17(2)23(15-19)24-22-12-11-20(16-25(4,5)6)14-21(22)13-18(3)26(24)7;1-16-8-9-17(2)22(12-16)23-21-11-10-19(15-24(4,5)6)14-20(21)13-18(3)25(23)7;1-16-9-7-8-10-20(16)22-21-12-11-18(15-23(3,4)5)14-19(21)13-17(2)24(22)6/h11-16H,9-10,17H2,1-8H3;9-14H,15H2,1-8H3;9-15H,8,16H2,1-7H3;8-14H,15H2,1-7H3;7-14H,15H2,1-6H3/q5*+1/i5*13D. The van der Waals surface area contributed by atoms with Crippen LogP contribution in [0.2, 0.25) is 0 Å². The minimum absolute atomic E-state index is 0.231. The van der Waals surface area contributed by atoms with Crippen molar-refractivity contribution in [3.8, 4) is 56.3 Å². The summed E-state index contributed by atoms with van der Waals surface area (Å²) in [6, 6.07) is 67.7. The van der Waals surface area contributed by atoms with Gasteiger partial charge in [0.05, 0.1) is 44.9 Å². The minimum atomic E-state index is 0.231. The van der Waals surface area contributed by atoms with E-state index in [1.165, 1.54) is 161 Å². The van der Waals surface area contributed by atoms with Crippen LogP contribution in [-0.4, -0.2) is 0 Å². The number of benzene rings is 10. The highest BCUT2D eigenvalue weighted by molar-refractivity contribution is 5.99. The van der Waals surface area contributed by atoms with Gasteiger partial charge in [-0.3, -0.25) is 0 Å². The van der Waals surface area contributed by atoms with Crippen LogP contribution in [-0.2, 0) is 86.6 Å². The van der Waals surface area contributed by atoms with Crippen LogP contribution in [0.15, 0.2) is 206 Å². The van der Waals surface area contributed by atoms with E-state index >= 15 is 0 Å². The van der Waals surface area contributed by atoms with Gasteiger partial charge in [-0.2, -0.15) is 22.8 Å². The third kappa shape index (κ3) is 24.1. The van der Waals surface area contributed by atoms with Crippen molar-refractivity contribution in [1.29, 1.82) is 0 Å². The van der Waals surface area contributed by atoms with Crippen molar-refractivity contribution in [2.45, 2.75) is 266 Å². The highest BCUT2D eigenvalue weighted by Crippen LogP contribution is 2.40. The van der Waals surface area contributed by atoms with Crippen molar-refractivity contribution in [2.75, 3.05) is 0 Å². The molecule has 0 bridgehead atoms. The van der Waals surface area contributed by atoms with E-state index in [1.807, 2.05) is 13.8 Å². The van der Waals surface area contributed by atoms with Gasteiger partial charge in [-0.1, -0.05) is 251 Å². The van der Waals surface area contributed by atoms with E-state index in [-0.39, 0.29) is 27.1 Å². The van der Waals surface area contributed by atoms with Crippen LogP contribution in [0.25, 0.3) is 110 Å². The van der Waals surface area contributed by atoms with Gasteiger partial charge in [-0.15, -0.1) is 0 Å². The largest absolute Gasteiger partial charge is 0.220 e. The van der Waals surface area contributed by atoms with Gasteiger partial charge in [0, 0.05) is 81.5 Å². The summed E-state index contributed by atoms with van der Waals surface area (Å²) in [6.45, 7) is 68.3. The number of aryl methyl sites for hydroxylation is 9. The number of pyridine rings is 5. The molecule has 0 fully saturated rings. The molecule has 0 aliphatic heterocycles. The van der Waals surface area contributed by atoms with Gasteiger partial charge in [-0.05, 0) is 299 Å². The van der Waals surface area contributed by atoms with Crippen LogP contribution in [0.1, 0.15) is 249 Å². The summed E-state index contributed by atoms with van der Waals surface area (Å²) in [5.41, 5.74) is 39.6. The van der Waals surface area contributed by atoms with Crippen LogP contribution in [0.5, 0.6) is 0 Å². The fourth-order valence-electron chi connectivity index (χ4n) is 18.8. The molecule has 5 heteroatoms. The highest BCUT2D eigenvalue weighted by Gasteiger charge is 2.29. The molecule has 5 aromatic heterocycles. The maximum Gasteiger partial charge on any atom is 0.220 e. The van der Waals surface area contributed by atoms with E-state index in [0.29, 0.717) is 30.2 Å². The smallest absolute Gasteiger partial charge is 0.198 e. The normalized spacial score (nSPS) is 12.5. The van der Waals surface area contributed by atoms with Crippen molar-refractivity contribution in [3.05, 3.63) is 324 Å². The maximum atomic E-state index is 8.81. The fourth-order valence-corrected chi connectivity index (χ4v) is 18.8. The summed E-state index contributed by atoms with van der Waals surface area (Å²) in [5.74, 6) is 0. The van der Waals surface area contributed by atoms with Gasteiger partial charge in [0.2, 0.25) is 28.5 Å². The summed E-state index contributed by atoms with van der Waals surface area (Å²) in [6.07, 6.45) is 8.18. The Hall–Kier alpha value is -10.8. The third-order valence-corrected chi connectivity index (χ3v) is 25.8. The molecule has 129 heavy (non-hydrogen) atoms. The molecule has 15 rings (SSSR count). The molecule has 0 aliphatic rings. The van der Waals surface area contributed by atoms with Gasteiger partial charge in [0.25, 0.3) is 0 Å². The molecule has 0 atom stereocenters. The van der Waals surface area contributed by atoms with Crippen molar-refractivity contribution in [3.63, 3.8) is 0 Å². The monoisotopic (exact) mass is 1720 g/mol. The van der Waals surface area contributed by atoms with E-state index in [0.717, 1.165) is 118 Å². The van der Waals surface area contributed by atoms with E-state index in [4.69, 9.17) is 6.85 Å². The first kappa shape index (κ1) is 91.6. The summed E-state index contributed by atoms with van der Waals surface area (Å²) in [4.78, 5) is 0. The molecule has 0 N–H and O–H groups in total. The van der Waals surface area contributed by atoms with Crippen LogP contribution in [0.4, 0.5) is 0 Å². The average Bonchev–Trinajstić information content (AvgIpc) is 0.751. The second-order valence-electron chi connectivity index (χ2n) is 43.7. The molecule has 0 unspecified atom stereocenters. The van der Waals surface area contributed by atoms with Crippen molar-refractivity contribution >= 4 is 53.9 Å². The molecule has 0 amide bonds. The Balaban J connectivity index is 0.000000161. The molecule has 5 heterocycles. The number of nitrogens with zero attached hydrogens (tertiary/aromatic N) is 5. The predicted octanol–water partition coefficient (Wildman–Crippen LogP) is 30.3. The summed E-state index contributed by atoms with van der Waals surface area (Å²) >= 11 is 0. The molecular formula is C124H158N5+5. The molecule has 5 nitrogen and oxygen atoms in total. The Labute approximate surface area is 786 Å². The number of hydrogen-bond donors (Lipinski definition) is 0. The molecule has 10 aromatic carbocycles. The zero-order valence-corrected chi connectivity index (χ0v) is 86.1. The molecule has 15 aromatic rings. The second-order valence-corrected chi connectivity index (χ2v) is 43.7. The average molecular weight is 1720 g/mol. The molecule has 0 spiro atoms. The Morgan fingerprint density at radius 3 is 0.822 bits per heavy atom. The molecule has 674 valence electrons. The van der Waals surface area contributed by atoms with Crippen LogP contribution >= 0.6 is 0 Å². The van der Waals surface area contributed by atoms with E-state index < -0.39 is 0 Å².